The minimum Gasteiger partial charge on any atom is -0.490 e. The average Bonchev–Trinajstić information content (AvgIpc) is 3.34. The molecule has 4 N–H and O–H groups in total. The van der Waals surface area contributed by atoms with E-state index < -0.39 is 37.1 Å². The van der Waals surface area contributed by atoms with Crippen molar-refractivity contribution < 1.29 is 43.8 Å². The molecule has 0 aliphatic carbocycles. The van der Waals surface area contributed by atoms with Gasteiger partial charge in [-0.2, -0.15) is 0 Å². The Morgan fingerprint density at radius 1 is 1.00 bits per heavy atom. The second-order valence-electron chi connectivity index (χ2n) is 8.92. The molecule has 0 radical (unpaired) electrons. The molecule has 1 saturated heterocycles. The van der Waals surface area contributed by atoms with E-state index in [-0.39, 0.29) is 18.8 Å². The van der Waals surface area contributed by atoms with Gasteiger partial charge in [0, 0.05) is 6.07 Å². The number of hydrogen-bond acceptors (Lipinski definition) is 10. The third-order valence-corrected chi connectivity index (χ3v) is 6.69. The van der Waals surface area contributed by atoms with Crippen LogP contribution in [0.2, 0.25) is 0 Å². The van der Waals surface area contributed by atoms with Crippen LogP contribution in [0.15, 0.2) is 39.5 Å². The number of ether oxygens (including phenoxy) is 4. The zero-order chi connectivity index (χ0) is 25.6. The van der Waals surface area contributed by atoms with E-state index in [9.17, 15) is 25.2 Å². The van der Waals surface area contributed by atoms with Gasteiger partial charge in [0.15, 0.2) is 11.5 Å². The van der Waals surface area contributed by atoms with Crippen LogP contribution >= 0.6 is 0 Å². The molecule has 10 heteroatoms. The predicted molar refractivity (Wildman–Crippen MR) is 127 cm³/mol. The van der Waals surface area contributed by atoms with E-state index in [0.717, 1.165) is 5.56 Å². The van der Waals surface area contributed by atoms with Gasteiger partial charge in [-0.1, -0.05) is 13.0 Å². The SMILES string of the molecule is CCc1cc2c(=O)c(-c3ccc4c(c3)OCO4)c(C)oc2cc1OC[C@H]1O[C@@H](CO)[C@@H](O)[C@@H](O)[C@@H]1O. The van der Waals surface area contributed by atoms with E-state index >= 15 is 0 Å². The lowest BCUT2D eigenvalue weighted by atomic mass is 9.95. The van der Waals surface area contributed by atoms with Crippen LogP contribution in [0, 0.1) is 6.92 Å². The lowest BCUT2D eigenvalue weighted by Crippen LogP contribution is -2.59. The second kappa shape index (κ2) is 9.72. The molecule has 3 aromatic rings. The van der Waals surface area contributed by atoms with Crippen LogP contribution in [0.25, 0.3) is 22.1 Å². The number of rotatable bonds is 6. The first-order valence-electron chi connectivity index (χ1n) is 11.8. The standard InChI is InChI=1S/C26H28O10/c1-3-13-6-15-18(8-17(13)32-10-21-25(30)26(31)24(29)20(9-27)36-21)35-12(2)22(23(15)28)14-4-5-16-19(7-14)34-11-33-16/h4-8,20-21,24-27,29-31H,3,9-11H2,1-2H3/t20-,21+,24+,25+,26+/m0/s1. The molecule has 2 aromatic carbocycles. The maximum absolute atomic E-state index is 13.5. The Hall–Kier alpha value is -3.15. The highest BCUT2D eigenvalue weighted by atomic mass is 16.7. The smallest absolute Gasteiger partial charge is 0.231 e. The van der Waals surface area contributed by atoms with Crippen molar-refractivity contribution in [2.24, 2.45) is 0 Å². The Morgan fingerprint density at radius 3 is 2.50 bits per heavy atom. The van der Waals surface area contributed by atoms with Crippen molar-refractivity contribution in [1.82, 2.24) is 0 Å². The Labute approximate surface area is 206 Å². The number of benzene rings is 2. The molecule has 2 aliphatic rings. The third kappa shape index (κ3) is 4.21. The largest absolute Gasteiger partial charge is 0.490 e. The molecule has 0 spiro atoms. The number of aryl methyl sites for hydroxylation is 2. The van der Waals surface area contributed by atoms with Crippen LogP contribution < -0.4 is 19.6 Å². The summed E-state index contributed by atoms with van der Waals surface area (Å²) < 4.78 is 28.3. The fraction of sp³-hybridized carbons (Fsp3) is 0.423. The first kappa shape index (κ1) is 24.5. The van der Waals surface area contributed by atoms with E-state index in [4.69, 9.17) is 23.4 Å². The van der Waals surface area contributed by atoms with E-state index in [1.807, 2.05) is 6.92 Å². The van der Waals surface area contributed by atoms with Gasteiger partial charge in [-0.15, -0.1) is 0 Å². The summed E-state index contributed by atoms with van der Waals surface area (Å²) in [7, 11) is 0. The van der Waals surface area contributed by atoms with Gasteiger partial charge in [-0.05, 0) is 42.7 Å². The highest BCUT2D eigenvalue weighted by molar-refractivity contribution is 5.85. The quantitative estimate of drug-likeness (QED) is 0.390. The summed E-state index contributed by atoms with van der Waals surface area (Å²) >= 11 is 0. The molecular formula is C26H28O10. The summed E-state index contributed by atoms with van der Waals surface area (Å²) in [6.45, 7) is 3.08. The van der Waals surface area contributed by atoms with Crippen molar-refractivity contribution in [3.8, 4) is 28.4 Å². The highest BCUT2D eigenvalue weighted by Crippen LogP contribution is 2.37. The zero-order valence-electron chi connectivity index (χ0n) is 19.8. The summed E-state index contributed by atoms with van der Waals surface area (Å²) in [4.78, 5) is 13.5. The van der Waals surface area contributed by atoms with Crippen LogP contribution in [-0.2, 0) is 11.2 Å². The molecule has 36 heavy (non-hydrogen) atoms. The first-order chi connectivity index (χ1) is 17.3. The van der Waals surface area contributed by atoms with Gasteiger partial charge in [-0.25, -0.2) is 0 Å². The first-order valence-corrected chi connectivity index (χ1v) is 11.8. The van der Waals surface area contributed by atoms with Crippen molar-refractivity contribution in [2.45, 2.75) is 50.8 Å². The minimum absolute atomic E-state index is 0.135. The molecular weight excluding hydrogens is 472 g/mol. The molecule has 0 unspecified atom stereocenters. The molecule has 2 aliphatic heterocycles. The van der Waals surface area contributed by atoms with E-state index in [2.05, 4.69) is 0 Å². The number of fused-ring (bicyclic) bond motifs is 2. The highest BCUT2D eigenvalue weighted by Gasteiger charge is 2.43. The van der Waals surface area contributed by atoms with E-state index in [1.165, 1.54) is 0 Å². The van der Waals surface area contributed by atoms with Crippen molar-refractivity contribution in [1.29, 1.82) is 0 Å². The van der Waals surface area contributed by atoms with Gasteiger partial charge in [0.25, 0.3) is 0 Å². The fourth-order valence-corrected chi connectivity index (χ4v) is 4.66. The van der Waals surface area contributed by atoms with Gasteiger partial charge < -0.3 is 43.8 Å². The maximum atomic E-state index is 13.5. The van der Waals surface area contributed by atoms with Crippen molar-refractivity contribution in [2.75, 3.05) is 20.0 Å². The van der Waals surface area contributed by atoms with Crippen LogP contribution in [0.3, 0.4) is 0 Å². The van der Waals surface area contributed by atoms with Gasteiger partial charge in [-0.3, -0.25) is 4.79 Å². The van der Waals surface area contributed by atoms with Crippen molar-refractivity contribution in [3.05, 3.63) is 51.9 Å². The molecule has 3 heterocycles. The Bertz CT molecular complexity index is 1330. The molecule has 0 saturated carbocycles. The van der Waals surface area contributed by atoms with Crippen molar-refractivity contribution in [3.63, 3.8) is 0 Å². The van der Waals surface area contributed by atoms with E-state index in [1.54, 1.807) is 37.3 Å². The van der Waals surface area contributed by atoms with Gasteiger partial charge in [0.2, 0.25) is 12.2 Å². The van der Waals surface area contributed by atoms with Crippen LogP contribution in [0.5, 0.6) is 17.2 Å². The molecule has 1 fully saturated rings. The normalized spacial score (nSPS) is 25.3. The maximum Gasteiger partial charge on any atom is 0.231 e. The summed E-state index contributed by atoms with van der Waals surface area (Å²) in [5.74, 6) is 2.05. The lowest BCUT2D eigenvalue weighted by Gasteiger charge is -2.39. The predicted octanol–water partition coefficient (Wildman–Crippen LogP) is 1.28. The number of aliphatic hydroxyl groups is 4. The van der Waals surface area contributed by atoms with Crippen LogP contribution in [0.4, 0.5) is 0 Å². The topological polar surface area (TPSA) is 148 Å². The monoisotopic (exact) mass is 500 g/mol. The molecule has 1 aromatic heterocycles. The molecule has 192 valence electrons. The summed E-state index contributed by atoms with van der Waals surface area (Å²) in [6, 6.07) is 8.65. The average molecular weight is 501 g/mol. The third-order valence-electron chi connectivity index (χ3n) is 6.69. The fourth-order valence-electron chi connectivity index (χ4n) is 4.66. The van der Waals surface area contributed by atoms with Gasteiger partial charge >= 0.3 is 0 Å². The zero-order valence-corrected chi connectivity index (χ0v) is 19.8. The minimum atomic E-state index is -1.48. The van der Waals surface area contributed by atoms with E-state index in [0.29, 0.717) is 51.5 Å². The summed E-state index contributed by atoms with van der Waals surface area (Å²) in [6.07, 6.45) is -5.78. The van der Waals surface area contributed by atoms with Gasteiger partial charge in [0.1, 0.15) is 54.2 Å². The van der Waals surface area contributed by atoms with Crippen LogP contribution in [-0.4, -0.2) is 71.0 Å². The molecule has 5 rings (SSSR count). The molecule has 0 bridgehead atoms. The van der Waals surface area contributed by atoms with Gasteiger partial charge in [0.05, 0.1) is 17.6 Å². The molecule has 5 atom stereocenters. The summed E-state index contributed by atoms with van der Waals surface area (Å²) in [5.41, 5.74) is 1.97. The lowest BCUT2D eigenvalue weighted by molar-refractivity contribution is -0.234. The molecule has 10 nitrogen and oxygen atoms in total. The Morgan fingerprint density at radius 2 is 1.75 bits per heavy atom. The number of hydrogen-bond donors (Lipinski definition) is 4. The summed E-state index contributed by atoms with van der Waals surface area (Å²) in [5, 5.41) is 40.1. The van der Waals surface area contributed by atoms with Crippen molar-refractivity contribution >= 4 is 11.0 Å². The Kier molecular flexibility index (Phi) is 6.62. The Balaban J connectivity index is 1.46. The second-order valence-corrected chi connectivity index (χ2v) is 8.92. The molecule has 0 amide bonds. The number of aliphatic hydroxyl groups excluding tert-OH is 4. The van der Waals surface area contributed by atoms with Crippen LogP contribution in [0.1, 0.15) is 18.2 Å².